The molecule has 1 aliphatic heterocycles. The lowest BCUT2D eigenvalue weighted by Crippen LogP contribution is -2.34. The molecule has 0 spiro atoms. The first-order chi connectivity index (χ1) is 12.8. The molecule has 2 aromatic carbocycles. The zero-order chi connectivity index (χ0) is 17.8. The number of pyridine rings is 1. The van der Waals surface area contributed by atoms with Crippen molar-refractivity contribution in [1.82, 2.24) is 10.3 Å². The molecule has 26 heavy (non-hydrogen) atoms. The van der Waals surface area contributed by atoms with Gasteiger partial charge in [-0.1, -0.05) is 66.2 Å². The fourth-order valence-electron chi connectivity index (χ4n) is 3.65. The molecule has 130 valence electrons. The maximum atomic E-state index is 4.62. The molecule has 2 nitrogen and oxygen atoms in total. The van der Waals surface area contributed by atoms with Crippen molar-refractivity contribution in [3.8, 4) is 11.1 Å². The average Bonchev–Trinajstić information content (AvgIpc) is 2.69. The van der Waals surface area contributed by atoms with Gasteiger partial charge in [0.25, 0.3) is 0 Å². The topological polar surface area (TPSA) is 24.9 Å². The minimum absolute atomic E-state index is 0.426. The first-order valence-electron chi connectivity index (χ1n) is 9.28. The van der Waals surface area contributed by atoms with Crippen LogP contribution < -0.4 is 5.32 Å². The Labute approximate surface area is 155 Å². The first kappa shape index (κ1) is 16.7. The van der Waals surface area contributed by atoms with Crippen molar-refractivity contribution in [2.24, 2.45) is 0 Å². The number of rotatable bonds is 4. The van der Waals surface area contributed by atoms with E-state index in [2.05, 4.69) is 90.0 Å². The maximum absolute atomic E-state index is 4.62. The SMILES string of the molecule is Cc1cccc(-c2ccnc(CC3CC(c4ccccc4)=CCN3)c2)c1. The van der Waals surface area contributed by atoms with Crippen molar-refractivity contribution < 1.29 is 0 Å². The summed E-state index contributed by atoms with van der Waals surface area (Å²) in [6.07, 6.45) is 6.23. The van der Waals surface area contributed by atoms with E-state index in [1.807, 2.05) is 6.20 Å². The van der Waals surface area contributed by atoms with Crippen LogP contribution in [0.4, 0.5) is 0 Å². The highest BCUT2D eigenvalue weighted by molar-refractivity contribution is 5.67. The van der Waals surface area contributed by atoms with Gasteiger partial charge in [0.05, 0.1) is 0 Å². The Morgan fingerprint density at radius 2 is 1.73 bits per heavy atom. The molecule has 1 N–H and O–H groups in total. The number of nitrogens with zero attached hydrogens (tertiary/aromatic N) is 1. The highest BCUT2D eigenvalue weighted by Gasteiger charge is 2.17. The standard InChI is InChI=1S/C24H24N2/c1-18-6-5-9-20(14-18)22-11-13-26-24(16-22)17-23-15-21(10-12-25-23)19-7-3-2-4-8-19/h2-11,13-14,16,23,25H,12,15,17H2,1H3. The van der Waals surface area contributed by atoms with Crippen molar-refractivity contribution >= 4 is 5.57 Å². The summed E-state index contributed by atoms with van der Waals surface area (Å²) in [5.41, 5.74) is 7.70. The number of nitrogens with one attached hydrogen (secondary N) is 1. The molecule has 0 amide bonds. The molecule has 1 atom stereocenters. The monoisotopic (exact) mass is 340 g/mol. The molecule has 0 bridgehead atoms. The van der Waals surface area contributed by atoms with E-state index in [1.54, 1.807) is 0 Å². The number of aryl methyl sites for hydroxylation is 1. The zero-order valence-electron chi connectivity index (χ0n) is 15.2. The third-order valence-electron chi connectivity index (χ3n) is 4.99. The van der Waals surface area contributed by atoms with Gasteiger partial charge in [-0.15, -0.1) is 0 Å². The van der Waals surface area contributed by atoms with E-state index in [9.17, 15) is 0 Å². The van der Waals surface area contributed by atoms with Crippen molar-refractivity contribution in [3.05, 3.63) is 95.8 Å². The lowest BCUT2D eigenvalue weighted by Gasteiger charge is -2.24. The van der Waals surface area contributed by atoms with E-state index in [0.29, 0.717) is 6.04 Å². The molecule has 0 saturated heterocycles. The van der Waals surface area contributed by atoms with Crippen LogP contribution >= 0.6 is 0 Å². The van der Waals surface area contributed by atoms with Gasteiger partial charge in [0.2, 0.25) is 0 Å². The largest absolute Gasteiger partial charge is 0.310 e. The third kappa shape index (κ3) is 3.92. The molecule has 2 heteroatoms. The normalized spacial score (nSPS) is 17.0. The van der Waals surface area contributed by atoms with E-state index in [-0.39, 0.29) is 0 Å². The molecule has 1 aromatic heterocycles. The molecule has 4 rings (SSSR count). The highest BCUT2D eigenvalue weighted by Crippen LogP contribution is 2.25. The molecular weight excluding hydrogens is 316 g/mol. The van der Waals surface area contributed by atoms with E-state index < -0.39 is 0 Å². The van der Waals surface area contributed by atoms with E-state index >= 15 is 0 Å². The lowest BCUT2D eigenvalue weighted by molar-refractivity contribution is 0.528. The van der Waals surface area contributed by atoms with Gasteiger partial charge in [-0.05, 0) is 47.7 Å². The summed E-state index contributed by atoms with van der Waals surface area (Å²) in [6.45, 7) is 3.06. The molecule has 0 saturated carbocycles. The maximum Gasteiger partial charge on any atom is 0.0425 e. The number of hydrogen-bond donors (Lipinski definition) is 1. The fourth-order valence-corrected chi connectivity index (χ4v) is 3.65. The summed E-state index contributed by atoms with van der Waals surface area (Å²) in [7, 11) is 0. The first-order valence-corrected chi connectivity index (χ1v) is 9.28. The Morgan fingerprint density at radius 3 is 2.58 bits per heavy atom. The Bertz CT molecular complexity index is 912. The van der Waals surface area contributed by atoms with Gasteiger partial charge in [-0.25, -0.2) is 0 Å². The van der Waals surface area contributed by atoms with Gasteiger partial charge >= 0.3 is 0 Å². The molecule has 0 radical (unpaired) electrons. The zero-order valence-corrected chi connectivity index (χ0v) is 15.2. The summed E-state index contributed by atoms with van der Waals surface area (Å²) < 4.78 is 0. The number of benzene rings is 2. The van der Waals surface area contributed by atoms with Crippen molar-refractivity contribution in [3.63, 3.8) is 0 Å². The van der Waals surface area contributed by atoms with Gasteiger partial charge in [0.1, 0.15) is 0 Å². The quantitative estimate of drug-likeness (QED) is 0.719. The van der Waals surface area contributed by atoms with Gasteiger partial charge in [-0.3, -0.25) is 4.98 Å². The van der Waals surface area contributed by atoms with E-state index in [1.165, 1.54) is 27.8 Å². The van der Waals surface area contributed by atoms with Crippen LogP contribution in [0.15, 0.2) is 79.0 Å². The second-order valence-electron chi connectivity index (χ2n) is 7.01. The summed E-state index contributed by atoms with van der Waals surface area (Å²) in [6, 6.07) is 24.1. The molecule has 2 heterocycles. The molecule has 0 aliphatic carbocycles. The van der Waals surface area contributed by atoms with Crippen LogP contribution in [-0.2, 0) is 6.42 Å². The van der Waals surface area contributed by atoms with Crippen LogP contribution in [0.2, 0.25) is 0 Å². The van der Waals surface area contributed by atoms with Gasteiger partial charge < -0.3 is 5.32 Å². The van der Waals surface area contributed by atoms with Crippen LogP contribution in [-0.4, -0.2) is 17.6 Å². The molecule has 0 fully saturated rings. The summed E-state index contributed by atoms with van der Waals surface area (Å²) in [5, 5.41) is 3.62. The number of hydrogen-bond acceptors (Lipinski definition) is 2. The average molecular weight is 340 g/mol. The molecule has 1 unspecified atom stereocenters. The minimum Gasteiger partial charge on any atom is -0.310 e. The van der Waals surface area contributed by atoms with Crippen molar-refractivity contribution in [2.45, 2.75) is 25.8 Å². The fraction of sp³-hybridized carbons (Fsp3) is 0.208. The highest BCUT2D eigenvalue weighted by atomic mass is 14.9. The molecular formula is C24H24N2. The van der Waals surface area contributed by atoms with Crippen LogP contribution in [0.3, 0.4) is 0 Å². The second kappa shape index (κ2) is 7.67. The Hall–Kier alpha value is -2.71. The van der Waals surface area contributed by atoms with Crippen LogP contribution in [0.25, 0.3) is 16.7 Å². The van der Waals surface area contributed by atoms with Gasteiger partial charge in [-0.2, -0.15) is 0 Å². The lowest BCUT2D eigenvalue weighted by atomic mass is 9.92. The van der Waals surface area contributed by atoms with E-state index in [0.717, 1.165) is 25.1 Å². The van der Waals surface area contributed by atoms with Gasteiger partial charge in [0, 0.05) is 30.9 Å². The Morgan fingerprint density at radius 1 is 0.923 bits per heavy atom. The summed E-state index contributed by atoms with van der Waals surface area (Å²) >= 11 is 0. The van der Waals surface area contributed by atoms with Crippen molar-refractivity contribution in [2.75, 3.05) is 6.54 Å². The van der Waals surface area contributed by atoms with Crippen LogP contribution in [0.1, 0.15) is 23.2 Å². The minimum atomic E-state index is 0.426. The second-order valence-corrected chi connectivity index (χ2v) is 7.01. The summed E-state index contributed by atoms with van der Waals surface area (Å²) in [4.78, 5) is 4.62. The van der Waals surface area contributed by atoms with Crippen LogP contribution in [0, 0.1) is 6.92 Å². The van der Waals surface area contributed by atoms with E-state index in [4.69, 9.17) is 0 Å². The Kier molecular flexibility index (Phi) is 4.94. The smallest absolute Gasteiger partial charge is 0.0425 e. The number of aromatic nitrogens is 1. The predicted molar refractivity (Wildman–Crippen MR) is 109 cm³/mol. The summed E-state index contributed by atoms with van der Waals surface area (Å²) in [5.74, 6) is 0. The molecule has 3 aromatic rings. The van der Waals surface area contributed by atoms with Gasteiger partial charge in [0.15, 0.2) is 0 Å². The van der Waals surface area contributed by atoms with Crippen LogP contribution in [0.5, 0.6) is 0 Å². The Balaban J connectivity index is 1.50. The molecule has 1 aliphatic rings. The third-order valence-corrected chi connectivity index (χ3v) is 4.99. The predicted octanol–water partition coefficient (Wildman–Crippen LogP) is 5.05. The van der Waals surface area contributed by atoms with Crippen molar-refractivity contribution in [1.29, 1.82) is 0 Å².